The average Bonchev–Trinajstić information content (AvgIpc) is 2.97. The molecule has 2 heterocycles. The zero-order valence-corrected chi connectivity index (χ0v) is 10.5. The van der Waals surface area contributed by atoms with Crippen LogP contribution in [0.5, 0.6) is 0 Å². The van der Waals surface area contributed by atoms with E-state index in [1.54, 1.807) is 26.4 Å². The van der Waals surface area contributed by atoms with Crippen molar-refractivity contribution >= 4 is 11.6 Å². The van der Waals surface area contributed by atoms with Crippen molar-refractivity contribution in [2.45, 2.75) is 13.0 Å². The van der Waals surface area contributed by atoms with Gasteiger partial charge >= 0.3 is 0 Å². The first-order chi connectivity index (χ1) is 8.99. The molecule has 8 nitrogen and oxygen atoms in total. The lowest BCUT2D eigenvalue weighted by molar-refractivity contribution is -0.384. The predicted octanol–water partition coefficient (Wildman–Crippen LogP) is 1.15. The van der Waals surface area contributed by atoms with E-state index >= 15 is 0 Å². The minimum atomic E-state index is -0.535. The molecule has 0 spiro atoms. The number of nitrogens with one attached hydrogen (secondary N) is 2. The third-order valence-corrected chi connectivity index (χ3v) is 2.71. The number of nitro groups is 1. The Kier molecular flexibility index (Phi) is 3.32. The maximum Gasteiger partial charge on any atom is 0.287 e. The summed E-state index contributed by atoms with van der Waals surface area (Å²) in [5, 5.41) is 13.4. The molecule has 1 unspecified atom stereocenters. The molecule has 100 valence electrons. The molecule has 0 fully saturated rings. The fraction of sp³-hybridized carbons (Fsp3) is 0.273. The molecule has 0 saturated carbocycles. The molecule has 0 bridgehead atoms. The Hall–Kier alpha value is -2.64. The van der Waals surface area contributed by atoms with Crippen LogP contribution in [0.15, 0.2) is 24.7 Å². The minimum Gasteiger partial charge on any atom is -0.347 e. The molecule has 1 atom stereocenters. The van der Waals surface area contributed by atoms with Gasteiger partial charge in [0.15, 0.2) is 0 Å². The number of hydrogen-bond donors (Lipinski definition) is 2. The van der Waals surface area contributed by atoms with Gasteiger partial charge in [-0.15, -0.1) is 0 Å². The number of rotatable bonds is 4. The van der Waals surface area contributed by atoms with Crippen molar-refractivity contribution in [1.82, 2.24) is 19.9 Å². The fourth-order valence-electron chi connectivity index (χ4n) is 1.73. The van der Waals surface area contributed by atoms with Crippen molar-refractivity contribution < 1.29 is 9.72 Å². The van der Waals surface area contributed by atoms with E-state index in [0.29, 0.717) is 5.82 Å². The van der Waals surface area contributed by atoms with Crippen molar-refractivity contribution in [3.8, 4) is 0 Å². The summed E-state index contributed by atoms with van der Waals surface area (Å²) in [6.07, 6.45) is 4.54. The van der Waals surface area contributed by atoms with Crippen LogP contribution in [0.1, 0.15) is 29.3 Å². The van der Waals surface area contributed by atoms with Crippen LogP contribution in [0.4, 0.5) is 5.69 Å². The first-order valence-corrected chi connectivity index (χ1v) is 5.60. The highest BCUT2D eigenvalue weighted by atomic mass is 16.6. The smallest absolute Gasteiger partial charge is 0.287 e. The first kappa shape index (κ1) is 12.8. The second-order valence-electron chi connectivity index (χ2n) is 4.12. The number of carbonyl (C=O) groups excluding carboxylic acids is 1. The predicted molar refractivity (Wildman–Crippen MR) is 66.5 cm³/mol. The molecular weight excluding hydrogens is 250 g/mol. The molecule has 0 radical (unpaired) electrons. The quantitative estimate of drug-likeness (QED) is 0.637. The molecule has 1 amide bonds. The number of carbonyl (C=O) groups is 1. The van der Waals surface area contributed by atoms with E-state index in [9.17, 15) is 14.9 Å². The van der Waals surface area contributed by atoms with Gasteiger partial charge in [-0.05, 0) is 6.92 Å². The van der Waals surface area contributed by atoms with Crippen LogP contribution in [0.25, 0.3) is 0 Å². The van der Waals surface area contributed by atoms with Crippen LogP contribution in [0.2, 0.25) is 0 Å². The van der Waals surface area contributed by atoms with Gasteiger partial charge in [-0.3, -0.25) is 14.9 Å². The van der Waals surface area contributed by atoms with Gasteiger partial charge in [0.25, 0.3) is 11.6 Å². The SMILES string of the molecule is CC(NC(=O)c1cc([N+](=O)[O-])cn1C)c1ncc[nH]1. The van der Waals surface area contributed by atoms with Crippen LogP contribution in [-0.4, -0.2) is 25.4 Å². The van der Waals surface area contributed by atoms with Crippen molar-refractivity contribution in [3.05, 3.63) is 46.3 Å². The van der Waals surface area contributed by atoms with Crippen LogP contribution in [0.3, 0.4) is 0 Å². The van der Waals surface area contributed by atoms with Crippen LogP contribution < -0.4 is 5.32 Å². The lowest BCUT2D eigenvalue weighted by Gasteiger charge is -2.11. The van der Waals surface area contributed by atoms with Crippen molar-refractivity contribution in [3.63, 3.8) is 0 Å². The summed E-state index contributed by atoms with van der Waals surface area (Å²) in [4.78, 5) is 29.0. The summed E-state index contributed by atoms with van der Waals surface area (Å²) >= 11 is 0. The summed E-state index contributed by atoms with van der Waals surface area (Å²) in [6.45, 7) is 1.77. The van der Waals surface area contributed by atoms with E-state index in [1.807, 2.05) is 0 Å². The monoisotopic (exact) mass is 263 g/mol. The number of aromatic nitrogens is 3. The van der Waals surface area contributed by atoms with Gasteiger partial charge in [-0.1, -0.05) is 0 Å². The third kappa shape index (κ3) is 2.62. The van der Waals surface area contributed by atoms with Crippen LogP contribution in [-0.2, 0) is 7.05 Å². The van der Waals surface area contributed by atoms with Crippen molar-refractivity contribution in [2.75, 3.05) is 0 Å². The molecule has 0 aromatic carbocycles. The number of H-pyrrole nitrogens is 1. The summed E-state index contributed by atoms with van der Waals surface area (Å²) in [5.41, 5.74) is 0.114. The maximum atomic E-state index is 12.0. The van der Waals surface area contributed by atoms with Crippen LogP contribution in [0, 0.1) is 10.1 Å². The van der Waals surface area contributed by atoms with E-state index < -0.39 is 4.92 Å². The summed E-state index contributed by atoms with van der Waals surface area (Å²) in [5.74, 6) is 0.233. The zero-order valence-electron chi connectivity index (χ0n) is 10.5. The van der Waals surface area contributed by atoms with Gasteiger partial charge in [0.05, 0.1) is 17.2 Å². The Morgan fingerprint density at radius 2 is 2.37 bits per heavy atom. The van der Waals surface area contributed by atoms with E-state index in [4.69, 9.17) is 0 Å². The van der Waals surface area contributed by atoms with Gasteiger partial charge < -0.3 is 14.9 Å². The standard InChI is InChI=1S/C11H13N5O3/c1-7(10-12-3-4-13-10)14-11(17)9-5-8(16(18)19)6-15(9)2/h3-7H,1-2H3,(H,12,13)(H,14,17). The van der Waals surface area contributed by atoms with E-state index in [1.165, 1.54) is 16.8 Å². The summed E-state index contributed by atoms with van der Waals surface area (Å²) < 4.78 is 1.42. The number of aromatic amines is 1. The number of aryl methyl sites for hydroxylation is 1. The second-order valence-corrected chi connectivity index (χ2v) is 4.12. The third-order valence-electron chi connectivity index (χ3n) is 2.71. The average molecular weight is 263 g/mol. The molecule has 2 N–H and O–H groups in total. The first-order valence-electron chi connectivity index (χ1n) is 5.60. The summed E-state index contributed by atoms with van der Waals surface area (Å²) in [6, 6.07) is 0.931. The lowest BCUT2D eigenvalue weighted by Crippen LogP contribution is -2.28. The normalized spacial score (nSPS) is 12.1. The van der Waals surface area contributed by atoms with Crippen molar-refractivity contribution in [1.29, 1.82) is 0 Å². The molecule has 19 heavy (non-hydrogen) atoms. The molecular formula is C11H13N5O3. The molecule has 8 heteroatoms. The van der Waals surface area contributed by atoms with Gasteiger partial charge in [-0.2, -0.15) is 0 Å². The molecule has 0 saturated heterocycles. The summed E-state index contributed by atoms with van der Waals surface area (Å²) in [7, 11) is 1.58. The molecule has 0 aliphatic rings. The molecule has 2 rings (SSSR count). The Bertz CT molecular complexity index is 602. The number of amides is 1. The number of nitrogens with zero attached hydrogens (tertiary/aromatic N) is 3. The Morgan fingerprint density at radius 1 is 1.63 bits per heavy atom. The van der Waals surface area contributed by atoms with E-state index in [2.05, 4.69) is 15.3 Å². The van der Waals surface area contributed by atoms with Gasteiger partial charge in [0, 0.05) is 25.5 Å². The Balaban J connectivity index is 2.14. The topological polar surface area (TPSA) is 106 Å². The zero-order chi connectivity index (χ0) is 14.0. The largest absolute Gasteiger partial charge is 0.347 e. The molecule has 0 aliphatic heterocycles. The number of imidazole rings is 1. The number of hydrogen-bond acceptors (Lipinski definition) is 4. The van der Waals surface area contributed by atoms with Gasteiger partial charge in [-0.25, -0.2) is 4.98 Å². The highest BCUT2D eigenvalue weighted by Gasteiger charge is 2.19. The van der Waals surface area contributed by atoms with Crippen LogP contribution >= 0.6 is 0 Å². The molecule has 2 aromatic rings. The van der Waals surface area contributed by atoms with E-state index in [-0.39, 0.29) is 23.3 Å². The maximum absolute atomic E-state index is 12.0. The highest BCUT2D eigenvalue weighted by molar-refractivity contribution is 5.93. The molecule has 0 aliphatic carbocycles. The second kappa shape index (κ2) is 4.92. The Labute approximate surface area is 108 Å². The minimum absolute atomic E-state index is 0.113. The Morgan fingerprint density at radius 3 is 2.89 bits per heavy atom. The fourth-order valence-corrected chi connectivity index (χ4v) is 1.73. The van der Waals surface area contributed by atoms with E-state index in [0.717, 1.165) is 0 Å². The van der Waals surface area contributed by atoms with Crippen molar-refractivity contribution in [2.24, 2.45) is 7.05 Å². The van der Waals surface area contributed by atoms with Gasteiger partial charge in [0.2, 0.25) is 0 Å². The lowest BCUT2D eigenvalue weighted by atomic mass is 10.3. The van der Waals surface area contributed by atoms with Gasteiger partial charge in [0.1, 0.15) is 11.5 Å². The molecule has 2 aromatic heterocycles. The highest BCUT2D eigenvalue weighted by Crippen LogP contribution is 2.16.